The molecule has 0 amide bonds. The molecule has 0 saturated carbocycles. The van der Waals surface area contributed by atoms with E-state index in [9.17, 15) is 5.11 Å². The average Bonchev–Trinajstić information content (AvgIpc) is 2.65. The molecule has 3 heteroatoms. The molecule has 0 saturated heterocycles. The van der Waals surface area contributed by atoms with Gasteiger partial charge in [0.1, 0.15) is 5.75 Å². The van der Waals surface area contributed by atoms with E-state index in [0.29, 0.717) is 6.54 Å². The lowest BCUT2D eigenvalue weighted by Gasteiger charge is -2.16. The van der Waals surface area contributed by atoms with Gasteiger partial charge in [-0.3, -0.25) is 0 Å². The number of fused-ring (bicyclic) bond motifs is 1. The van der Waals surface area contributed by atoms with Gasteiger partial charge in [-0.15, -0.1) is 0 Å². The predicted octanol–water partition coefficient (Wildman–Crippen LogP) is 1.18. The van der Waals surface area contributed by atoms with Crippen molar-refractivity contribution in [3.05, 3.63) is 28.8 Å². The first-order valence-electron chi connectivity index (χ1n) is 5.32. The van der Waals surface area contributed by atoms with E-state index in [4.69, 9.17) is 4.74 Å². The van der Waals surface area contributed by atoms with E-state index < -0.39 is 6.10 Å². The van der Waals surface area contributed by atoms with Crippen LogP contribution in [0.3, 0.4) is 0 Å². The molecule has 1 aromatic rings. The quantitative estimate of drug-likeness (QED) is 0.782. The van der Waals surface area contributed by atoms with Crippen LogP contribution in [-0.4, -0.2) is 25.3 Å². The summed E-state index contributed by atoms with van der Waals surface area (Å²) in [5.41, 5.74) is 3.36. The Kier molecular flexibility index (Phi) is 2.93. The standard InChI is InChI=1S/C12H17NO2/c1-8-3-4-11-9(5-6-15-11)12(8)10(14)7-13-2/h3-4,10,13-14H,5-7H2,1-2H3. The van der Waals surface area contributed by atoms with Gasteiger partial charge in [-0.25, -0.2) is 0 Å². The van der Waals surface area contributed by atoms with Crippen LogP contribution in [-0.2, 0) is 6.42 Å². The van der Waals surface area contributed by atoms with Gasteiger partial charge < -0.3 is 15.2 Å². The highest BCUT2D eigenvalue weighted by Crippen LogP contribution is 2.33. The maximum atomic E-state index is 10.0. The number of ether oxygens (including phenoxy) is 1. The second-order valence-electron chi connectivity index (χ2n) is 3.94. The van der Waals surface area contributed by atoms with Gasteiger partial charge in [-0.1, -0.05) is 6.07 Å². The Morgan fingerprint density at radius 2 is 2.33 bits per heavy atom. The van der Waals surface area contributed by atoms with Crippen molar-refractivity contribution in [2.75, 3.05) is 20.2 Å². The summed E-state index contributed by atoms with van der Waals surface area (Å²) >= 11 is 0. The SMILES string of the molecule is CNCC(O)c1c(C)ccc2c1CCO2. The van der Waals surface area contributed by atoms with Gasteiger partial charge in [-0.2, -0.15) is 0 Å². The third kappa shape index (κ3) is 1.85. The normalized spacial score (nSPS) is 15.9. The first-order chi connectivity index (χ1) is 7.24. The lowest BCUT2D eigenvalue weighted by atomic mass is 9.95. The molecule has 2 rings (SSSR count). The molecule has 3 nitrogen and oxygen atoms in total. The van der Waals surface area contributed by atoms with Gasteiger partial charge >= 0.3 is 0 Å². The summed E-state index contributed by atoms with van der Waals surface area (Å²) in [7, 11) is 1.85. The molecule has 1 aliphatic rings. The van der Waals surface area contributed by atoms with Gasteiger partial charge in [0.25, 0.3) is 0 Å². The molecular weight excluding hydrogens is 190 g/mol. The van der Waals surface area contributed by atoms with Crippen LogP contribution in [0.4, 0.5) is 0 Å². The number of aliphatic hydroxyl groups excluding tert-OH is 1. The third-order valence-electron chi connectivity index (χ3n) is 2.87. The van der Waals surface area contributed by atoms with E-state index in [1.54, 1.807) is 0 Å². The molecular formula is C12H17NO2. The van der Waals surface area contributed by atoms with Crippen LogP contribution in [0.5, 0.6) is 5.75 Å². The highest BCUT2D eigenvalue weighted by atomic mass is 16.5. The number of hydrogen-bond donors (Lipinski definition) is 2. The van der Waals surface area contributed by atoms with Crippen LogP contribution in [0.2, 0.25) is 0 Å². The lowest BCUT2D eigenvalue weighted by molar-refractivity contribution is 0.176. The summed E-state index contributed by atoms with van der Waals surface area (Å²) in [6.07, 6.45) is 0.472. The minimum absolute atomic E-state index is 0.438. The summed E-state index contributed by atoms with van der Waals surface area (Å²) in [5.74, 6) is 0.936. The van der Waals surface area contributed by atoms with Crippen molar-refractivity contribution in [2.24, 2.45) is 0 Å². The van der Waals surface area contributed by atoms with Gasteiger partial charge in [0.05, 0.1) is 12.7 Å². The van der Waals surface area contributed by atoms with Crippen LogP contribution in [0.1, 0.15) is 22.8 Å². The fourth-order valence-electron chi connectivity index (χ4n) is 2.18. The molecule has 0 aliphatic carbocycles. The van der Waals surface area contributed by atoms with Crippen molar-refractivity contribution in [2.45, 2.75) is 19.4 Å². The number of hydrogen-bond acceptors (Lipinski definition) is 3. The molecule has 1 aromatic carbocycles. The Labute approximate surface area is 90.1 Å². The zero-order valence-electron chi connectivity index (χ0n) is 9.21. The van der Waals surface area contributed by atoms with Gasteiger partial charge in [0, 0.05) is 18.5 Å². The smallest absolute Gasteiger partial charge is 0.123 e. The number of rotatable bonds is 3. The van der Waals surface area contributed by atoms with Gasteiger partial charge in [0.15, 0.2) is 0 Å². The van der Waals surface area contributed by atoms with E-state index in [1.807, 2.05) is 26.1 Å². The summed E-state index contributed by atoms with van der Waals surface area (Å²) in [5, 5.41) is 13.0. The van der Waals surface area contributed by atoms with Crippen LogP contribution in [0, 0.1) is 6.92 Å². The highest BCUT2D eigenvalue weighted by molar-refractivity contribution is 5.48. The zero-order chi connectivity index (χ0) is 10.8. The van der Waals surface area contributed by atoms with Crippen LogP contribution in [0.15, 0.2) is 12.1 Å². The number of likely N-dealkylation sites (N-methyl/N-ethyl adjacent to an activating group) is 1. The summed E-state index contributed by atoms with van der Waals surface area (Å²) in [4.78, 5) is 0. The molecule has 1 unspecified atom stereocenters. The molecule has 1 heterocycles. The molecule has 0 fully saturated rings. The molecule has 1 aliphatic heterocycles. The maximum absolute atomic E-state index is 10.0. The summed E-state index contributed by atoms with van der Waals surface area (Å²) < 4.78 is 5.49. The number of aliphatic hydroxyl groups is 1. The number of benzene rings is 1. The first kappa shape index (κ1) is 10.5. The fourth-order valence-corrected chi connectivity index (χ4v) is 2.18. The van der Waals surface area contributed by atoms with Crippen molar-refractivity contribution in [3.63, 3.8) is 0 Å². The summed E-state index contributed by atoms with van der Waals surface area (Å²) in [6, 6.07) is 4.01. The largest absolute Gasteiger partial charge is 0.493 e. The minimum Gasteiger partial charge on any atom is -0.493 e. The van der Waals surface area contributed by atoms with E-state index >= 15 is 0 Å². The topological polar surface area (TPSA) is 41.5 Å². The second kappa shape index (κ2) is 4.21. The van der Waals surface area contributed by atoms with E-state index in [0.717, 1.165) is 29.9 Å². The molecule has 0 aromatic heterocycles. The molecule has 0 bridgehead atoms. The lowest BCUT2D eigenvalue weighted by Crippen LogP contribution is -2.18. The van der Waals surface area contributed by atoms with E-state index in [-0.39, 0.29) is 0 Å². The minimum atomic E-state index is -0.438. The Balaban J connectivity index is 2.40. The predicted molar refractivity (Wildman–Crippen MR) is 59.3 cm³/mol. The average molecular weight is 207 g/mol. The fraction of sp³-hybridized carbons (Fsp3) is 0.500. The molecule has 0 radical (unpaired) electrons. The van der Waals surface area contributed by atoms with Gasteiger partial charge in [0.2, 0.25) is 0 Å². The van der Waals surface area contributed by atoms with Crippen molar-refractivity contribution >= 4 is 0 Å². The van der Waals surface area contributed by atoms with E-state index in [2.05, 4.69) is 5.32 Å². The van der Waals surface area contributed by atoms with Crippen molar-refractivity contribution in [1.82, 2.24) is 5.32 Å². The summed E-state index contributed by atoms with van der Waals surface area (Å²) in [6.45, 7) is 3.35. The third-order valence-corrected chi connectivity index (χ3v) is 2.87. The zero-order valence-corrected chi connectivity index (χ0v) is 9.21. The van der Waals surface area contributed by atoms with Crippen LogP contribution >= 0.6 is 0 Å². The Bertz CT molecular complexity index is 363. The molecule has 0 spiro atoms. The molecule has 2 N–H and O–H groups in total. The monoisotopic (exact) mass is 207 g/mol. The van der Waals surface area contributed by atoms with Crippen molar-refractivity contribution in [1.29, 1.82) is 0 Å². The van der Waals surface area contributed by atoms with Crippen molar-refractivity contribution < 1.29 is 9.84 Å². The second-order valence-corrected chi connectivity index (χ2v) is 3.94. The Morgan fingerprint density at radius 1 is 1.53 bits per heavy atom. The Morgan fingerprint density at radius 3 is 3.07 bits per heavy atom. The van der Waals surface area contributed by atoms with E-state index in [1.165, 1.54) is 5.56 Å². The molecule has 1 atom stereocenters. The number of nitrogens with one attached hydrogen (secondary N) is 1. The van der Waals surface area contributed by atoms with Crippen LogP contribution < -0.4 is 10.1 Å². The molecule has 15 heavy (non-hydrogen) atoms. The van der Waals surface area contributed by atoms with Gasteiger partial charge in [-0.05, 0) is 31.2 Å². The van der Waals surface area contributed by atoms with Crippen LogP contribution in [0.25, 0.3) is 0 Å². The maximum Gasteiger partial charge on any atom is 0.123 e. The molecule has 82 valence electrons. The number of aryl methyl sites for hydroxylation is 1. The Hall–Kier alpha value is -1.06. The highest BCUT2D eigenvalue weighted by Gasteiger charge is 2.21. The van der Waals surface area contributed by atoms with Crippen molar-refractivity contribution in [3.8, 4) is 5.75 Å². The first-order valence-corrected chi connectivity index (χ1v) is 5.32.